The van der Waals surface area contributed by atoms with Gasteiger partial charge >= 0.3 is 0 Å². The van der Waals surface area contributed by atoms with Gasteiger partial charge in [-0.25, -0.2) is 4.98 Å². The van der Waals surface area contributed by atoms with E-state index in [9.17, 15) is 0 Å². The molecule has 0 unspecified atom stereocenters. The second-order valence-corrected chi connectivity index (χ2v) is 6.62. The third-order valence-corrected chi connectivity index (χ3v) is 5.07. The molecule has 0 radical (unpaired) electrons. The minimum Gasteiger partial charge on any atom is -0.330 e. The zero-order valence-corrected chi connectivity index (χ0v) is 11.6. The summed E-state index contributed by atoms with van der Waals surface area (Å²) in [4.78, 5) is 4.41. The number of aromatic nitrogens is 1. The number of hydrogen-bond acceptors (Lipinski definition) is 4. The molecule has 0 atom stereocenters. The first-order valence-electron chi connectivity index (χ1n) is 6.43. The van der Waals surface area contributed by atoms with Crippen molar-refractivity contribution >= 4 is 11.3 Å². The Morgan fingerprint density at radius 2 is 2.18 bits per heavy atom. The normalized spacial score (nSPS) is 19.7. The molecule has 0 aromatic carbocycles. The summed E-state index contributed by atoms with van der Waals surface area (Å²) in [6.45, 7) is 6.21. The van der Waals surface area contributed by atoms with Crippen molar-refractivity contribution < 1.29 is 0 Å². The Hall–Kier alpha value is -0.450. The molecular weight excluding hydrogens is 230 g/mol. The maximum absolute atomic E-state index is 5.96. The van der Waals surface area contributed by atoms with Crippen LogP contribution in [0, 0.1) is 5.41 Å². The number of nitrogens with zero attached hydrogens (tertiary/aromatic N) is 1. The largest absolute Gasteiger partial charge is 0.330 e. The molecular formula is C13H23N3S. The fourth-order valence-corrected chi connectivity index (χ4v) is 3.33. The van der Waals surface area contributed by atoms with Crippen LogP contribution in [0.5, 0.6) is 0 Å². The molecule has 1 aromatic rings. The Morgan fingerprint density at radius 3 is 2.71 bits per heavy atom. The van der Waals surface area contributed by atoms with Gasteiger partial charge in [-0.05, 0) is 38.6 Å². The molecule has 0 bridgehead atoms. The summed E-state index contributed by atoms with van der Waals surface area (Å²) >= 11 is 1.71. The van der Waals surface area contributed by atoms with Crippen molar-refractivity contribution in [2.45, 2.75) is 45.1 Å². The highest BCUT2D eigenvalue weighted by molar-refractivity contribution is 7.09. The fraction of sp³-hybridized carbons (Fsp3) is 0.769. The molecule has 96 valence electrons. The molecule has 1 saturated carbocycles. The Balaban J connectivity index is 1.97. The van der Waals surface area contributed by atoms with Crippen LogP contribution in [0.15, 0.2) is 11.6 Å². The second kappa shape index (κ2) is 5.04. The van der Waals surface area contributed by atoms with Crippen LogP contribution in [0.4, 0.5) is 0 Å². The predicted molar refractivity (Wildman–Crippen MR) is 73.1 cm³/mol. The van der Waals surface area contributed by atoms with Crippen molar-refractivity contribution in [2.24, 2.45) is 11.1 Å². The number of thiazole rings is 1. The van der Waals surface area contributed by atoms with E-state index in [-0.39, 0.29) is 5.54 Å². The number of hydrogen-bond donors (Lipinski definition) is 2. The van der Waals surface area contributed by atoms with E-state index < -0.39 is 0 Å². The molecule has 1 aliphatic rings. The highest BCUT2D eigenvalue weighted by atomic mass is 32.1. The molecule has 3 nitrogen and oxygen atoms in total. The Morgan fingerprint density at radius 1 is 1.47 bits per heavy atom. The van der Waals surface area contributed by atoms with Gasteiger partial charge in [0, 0.05) is 18.1 Å². The smallest absolute Gasteiger partial charge is 0.112 e. The van der Waals surface area contributed by atoms with Gasteiger partial charge in [-0.15, -0.1) is 11.3 Å². The quantitative estimate of drug-likeness (QED) is 0.847. The summed E-state index contributed by atoms with van der Waals surface area (Å²) in [5.41, 5.74) is 6.25. The SMILES string of the molecule is CC(C)(NCC1(CN)CCCC1)c1nccs1. The van der Waals surface area contributed by atoms with Crippen molar-refractivity contribution in [3.63, 3.8) is 0 Å². The predicted octanol–water partition coefficient (Wildman–Crippen LogP) is 2.49. The summed E-state index contributed by atoms with van der Waals surface area (Å²) in [5, 5.41) is 6.85. The fourth-order valence-electron chi connectivity index (χ4n) is 2.59. The molecule has 0 saturated heterocycles. The van der Waals surface area contributed by atoms with Crippen LogP contribution in [-0.2, 0) is 5.54 Å². The zero-order valence-electron chi connectivity index (χ0n) is 10.8. The first-order valence-corrected chi connectivity index (χ1v) is 7.31. The number of rotatable bonds is 5. The van der Waals surface area contributed by atoms with E-state index in [1.165, 1.54) is 25.7 Å². The minimum absolute atomic E-state index is 0.0427. The highest BCUT2D eigenvalue weighted by Crippen LogP contribution is 2.37. The van der Waals surface area contributed by atoms with E-state index in [1.807, 2.05) is 11.6 Å². The summed E-state index contributed by atoms with van der Waals surface area (Å²) in [5.74, 6) is 0. The Labute approximate surface area is 108 Å². The van der Waals surface area contributed by atoms with Crippen LogP contribution < -0.4 is 11.1 Å². The van der Waals surface area contributed by atoms with Crippen molar-refractivity contribution in [3.05, 3.63) is 16.6 Å². The van der Waals surface area contributed by atoms with Crippen molar-refractivity contribution in [1.29, 1.82) is 0 Å². The van der Waals surface area contributed by atoms with Gasteiger partial charge in [-0.2, -0.15) is 0 Å². The van der Waals surface area contributed by atoms with Crippen molar-refractivity contribution in [3.8, 4) is 0 Å². The average Bonchev–Trinajstić information content (AvgIpc) is 2.99. The number of nitrogens with one attached hydrogen (secondary N) is 1. The van der Waals surface area contributed by atoms with Crippen LogP contribution in [0.1, 0.15) is 44.5 Å². The molecule has 2 rings (SSSR count). The topological polar surface area (TPSA) is 50.9 Å². The molecule has 0 amide bonds. The summed E-state index contributed by atoms with van der Waals surface area (Å²) in [6, 6.07) is 0. The van der Waals surface area contributed by atoms with Gasteiger partial charge in [0.15, 0.2) is 0 Å². The van der Waals surface area contributed by atoms with Gasteiger partial charge in [0.2, 0.25) is 0 Å². The third-order valence-electron chi connectivity index (χ3n) is 3.97. The van der Waals surface area contributed by atoms with E-state index in [0.29, 0.717) is 5.41 Å². The third kappa shape index (κ3) is 2.87. The van der Waals surface area contributed by atoms with Gasteiger partial charge in [-0.3, -0.25) is 0 Å². The van der Waals surface area contributed by atoms with Crippen LogP contribution in [-0.4, -0.2) is 18.1 Å². The Bertz CT molecular complexity index is 340. The van der Waals surface area contributed by atoms with Crippen LogP contribution >= 0.6 is 11.3 Å². The van der Waals surface area contributed by atoms with Gasteiger partial charge < -0.3 is 11.1 Å². The first-order chi connectivity index (χ1) is 8.08. The monoisotopic (exact) mass is 253 g/mol. The lowest BCUT2D eigenvalue weighted by Crippen LogP contribution is -2.45. The van der Waals surface area contributed by atoms with E-state index in [1.54, 1.807) is 11.3 Å². The molecule has 0 spiro atoms. The molecule has 1 aliphatic carbocycles. The molecule has 17 heavy (non-hydrogen) atoms. The summed E-state index contributed by atoms with van der Waals surface area (Å²) < 4.78 is 0. The molecule has 4 heteroatoms. The molecule has 3 N–H and O–H groups in total. The van der Waals surface area contributed by atoms with E-state index >= 15 is 0 Å². The summed E-state index contributed by atoms with van der Waals surface area (Å²) in [7, 11) is 0. The lowest BCUT2D eigenvalue weighted by Gasteiger charge is -2.33. The average molecular weight is 253 g/mol. The van der Waals surface area contributed by atoms with Crippen LogP contribution in [0.25, 0.3) is 0 Å². The lowest BCUT2D eigenvalue weighted by atomic mass is 9.85. The lowest BCUT2D eigenvalue weighted by molar-refractivity contribution is 0.248. The molecule has 1 heterocycles. The molecule has 0 aliphatic heterocycles. The van der Waals surface area contributed by atoms with Crippen LogP contribution in [0.2, 0.25) is 0 Å². The Kier molecular flexibility index (Phi) is 3.85. The van der Waals surface area contributed by atoms with E-state index in [2.05, 4.69) is 24.1 Å². The van der Waals surface area contributed by atoms with Crippen molar-refractivity contribution in [1.82, 2.24) is 10.3 Å². The second-order valence-electron chi connectivity index (χ2n) is 5.73. The van der Waals surface area contributed by atoms with E-state index in [4.69, 9.17) is 5.73 Å². The standard InChI is InChI=1S/C13H23N3S/c1-12(2,11-15-7-8-17-11)16-10-13(9-14)5-3-4-6-13/h7-8,16H,3-6,9-10,14H2,1-2H3. The van der Waals surface area contributed by atoms with Crippen molar-refractivity contribution in [2.75, 3.05) is 13.1 Å². The minimum atomic E-state index is -0.0427. The summed E-state index contributed by atoms with van der Waals surface area (Å²) in [6.07, 6.45) is 7.07. The van der Waals surface area contributed by atoms with Gasteiger partial charge in [0.05, 0.1) is 5.54 Å². The van der Waals surface area contributed by atoms with Gasteiger partial charge in [0.25, 0.3) is 0 Å². The van der Waals surface area contributed by atoms with Gasteiger partial charge in [0.1, 0.15) is 5.01 Å². The van der Waals surface area contributed by atoms with E-state index in [0.717, 1.165) is 18.1 Å². The maximum Gasteiger partial charge on any atom is 0.112 e. The molecule has 1 fully saturated rings. The maximum atomic E-state index is 5.96. The molecule has 1 aromatic heterocycles. The zero-order chi connectivity index (χ0) is 12.4. The van der Waals surface area contributed by atoms with Crippen LogP contribution in [0.3, 0.4) is 0 Å². The number of nitrogens with two attached hydrogens (primary N) is 1. The van der Waals surface area contributed by atoms with Gasteiger partial charge in [-0.1, -0.05) is 12.8 Å². The highest BCUT2D eigenvalue weighted by Gasteiger charge is 2.34. The first kappa shape index (κ1) is 13.0.